The molecular formula is C25H36N4O4. The average molecular weight is 457 g/mol. The first-order chi connectivity index (χ1) is 15.6. The van der Waals surface area contributed by atoms with Crippen LogP contribution in [0.5, 0.6) is 0 Å². The molecule has 4 amide bonds. The minimum absolute atomic E-state index is 0.158. The second kappa shape index (κ2) is 10.4. The van der Waals surface area contributed by atoms with Crippen molar-refractivity contribution in [3.05, 3.63) is 24.3 Å². The van der Waals surface area contributed by atoms with Gasteiger partial charge in [-0.2, -0.15) is 0 Å². The normalized spacial score (nSPS) is 17.8. The van der Waals surface area contributed by atoms with Crippen molar-refractivity contribution in [2.45, 2.75) is 66.0 Å². The molecule has 8 heteroatoms. The van der Waals surface area contributed by atoms with Gasteiger partial charge < -0.3 is 20.4 Å². The Kier molecular flexibility index (Phi) is 7.76. The van der Waals surface area contributed by atoms with Crippen molar-refractivity contribution in [1.29, 1.82) is 0 Å². The van der Waals surface area contributed by atoms with Crippen LogP contribution in [0.1, 0.15) is 53.9 Å². The van der Waals surface area contributed by atoms with E-state index in [9.17, 15) is 19.2 Å². The zero-order chi connectivity index (χ0) is 24.3. The van der Waals surface area contributed by atoms with E-state index >= 15 is 0 Å². The molecule has 1 atom stereocenters. The quantitative estimate of drug-likeness (QED) is 0.558. The fourth-order valence-electron chi connectivity index (χ4n) is 4.02. The molecule has 180 valence electrons. The molecular weight excluding hydrogens is 420 g/mol. The number of anilines is 2. The molecule has 0 radical (unpaired) electrons. The Morgan fingerprint density at radius 1 is 0.909 bits per heavy atom. The average Bonchev–Trinajstić information content (AvgIpc) is 3.56. The molecule has 2 aliphatic rings. The molecule has 1 aromatic carbocycles. The Hall–Kier alpha value is -2.90. The third-order valence-electron chi connectivity index (χ3n) is 5.81. The van der Waals surface area contributed by atoms with Gasteiger partial charge in [0.15, 0.2) is 6.04 Å². The lowest BCUT2D eigenvalue weighted by Crippen LogP contribution is -2.59. The summed E-state index contributed by atoms with van der Waals surface area (Å²) in [6.45, 7) is 10.4. The van der Waals surface area contributed by atoms with Crippen molar-refractivity contribution in [2.75, 3.05) is 22.9 Å². The predicted molar refractivity (Wildman–Crippen MR) is 128 cm³/mol. The fourth-order valence-corrected chi connectivity index (χ4v) is 4.02. The Morgan fingerprint density at radius 2 is 1.39 bits per heavy atom. The molecule has 0 aromatic heterocycles. The summed E-state index contributed by atoms with van der Waals surface area (Å²) in [5.74, 6) is -0.941. The summed E-state index contributed by atoms with van der Waals surface area (Å²) in [5.41, 5.74) is 1.32. The first-order valence-corrected chi connectivity index (χ1v) is 11.9. The zero-order valence-electron chi connectivity index (χ0n) is 20.3. The van der Waals surface area contributed by atoms with Crippen LogP contribution in [-0.2, 0) is 19.2 Å². The zero-order valence-corrected chi connectivity index (χ0v) is 20.3. The van der Waals surface area contributed by atoms with Crippen LogP contribution in [0.15, 0.2) is 24.3 Å². The van der Waals surface area contributed by atoms with Crippen molar-refractivity contribution >= 4 is 35.0 Å². The number of carbonyl (C=O) groups is 4. The maximum atomic E-state index is 13.6. The molecule has 0 bridgehead atoms. The van der Waals surface area contributed by atoms with Gasteiger partial charge in [0.1, 0.15) is 6.04 Å². The number of hydrogen-bond acceptors (Lipinski definition) is 4. The molecule has 8 nitrogen and oxygen atoms in total. The number of nitrogens with one attached hydrogen (secondary N) is 2. The van der Waals surface area contributed by atoms with Crippen molar-refractivity contribution in [3.8, 4) is 0 Å². The molecule has 0 unspecified atom stereocenters. The summed E-state index contributed by atoms with van der Waals surface area (Å²) in [5, 5.41) is 5.33. The highest BCUT2D eigenvalue weighted by Crippen LogP contribution is 2.34. The molecule has 1 heterocycles. The Morgan fingerprint density at radius 3 is 1.82 bits per heavy atom. The minimum Gasteiger partial charge on any atom is -0.345 e. The fraction of sp³-hybridized carbons (Fsp3) is 0.600. The van der Waals surface area contributed by atoms with E-state index in [1.54, 1.807) is 16.7 Å². The van der Waals surface area contributed by atoms with E-state index in [1.165, 1.54) is 0 Å². The van der Waals surface area contributed by atoms with E-state index < -0.39 is 29.8 Å². The van der Waals surface area contributed by atoms with Gasteiger partial charge in [0.2, 0.25) is 11.8 Å². The van der Waals surface area contributed by atoms with Crippen LogP contribution >= 0.6 is 0 Å². The maximum Gasteiger partial charge on any atom is 0.259 e. The number of carbonyl (C=O) groups excluding carboxylic acids is 4. The molecule has 1 aromatic rings. The van der Waals surface area contributed by atoms with E-state index in [1.807, 2.05) is 52.0 Å². The molecule has 3 rings (SSSR count). The number of para-hydroxylation sites is 2. The highest BCUT2D eigenvalue weighted by atomic mass is 16.2. The first kappa shape index (κ1) is 24.7. The van der Waals surface area contributed by atoms with Gasteiger partial charge in [-0.1, -0.05) is 39.8 Å². The van der Waals surface area contributed by atoms with Crippen LogP contribution in [0, 0.1) is 17.8 Å². The van der Waals surface area contributed by atoms with Gasteiger partial charge in [0, 0.05) is 19.5 Å². The smallest absolute Gasteiger partial charge is 0.259 e. The largest absolute Gasteiger partial charge is 0.345 e. The summed E-state index contributed by atoms with van der Waals surface area (Å²) < 4.78 is 0. The SMILES string of the molecule is CC(C)CN1C(=O)C(NC(=O)[C@H](C)NC(=O)CC2CC2)C(=O)N(CC(C)C)c2ccccc21. The van der Waals surface area contributed by atoms with Gasteiger partial charge in [-0.3, -0.25) is 19.2 Å². The maximum absolute atomic E-state index is 13.6. The number of benzene rings is 1. The van der Waals surface area contributed by atoms with Crippen LogP contribution in [0.3, 0.4) is 0 Å². The van der Waals surface area contributed by atoms with Gasteiger partial charge in [-0.05, 0) is 49.7 Å². The second-order valence-electron chi connectivity index (χ2n) is 10.1. The first-order valence-electron chi connectivity index (χ1n) is 11.9. The highest BCUT2D eigenvalue weighted by Gasteiger charge is 2.42. The third-order valence-corrected chi connectivity index (χ3v) is 5.81. The van der Waals surface area contributed by atoms with E-state index in [0.29, 0.717) is 36.8 Å². The number of rotatable bonds is 9. The van der Waals surface area contributed by atoms with E-state index in [-0.39, 0.29) is 17.7 Å². The summed E-state index contributed by atoms with van der Waals surface area (Å²) >= 11 is 0. The van der Waals surface area contributed by atoms with Crippen molar-refractivity contribution in [3.63, 3.8) is 0 Å². The third kappa shape index (κ3) is 6.12. The summed E-state index contributed by atoms with van der Waals surface area (Å²) in [6.07, 6.45) is 2.48. The molecule has 33 heavy (non-hydrogen) atoms. The standard InChI is InChI=1S/C25H36N4O4/c1-15(2)13-28-19-8-6-7-9-20(19)29(14-16(3)4)25(33)22(24(28)32)27-23(31)17(5)26-21(30)12-18-10-11-18/h6-9,15-18,22H,10-14H2,1-5H3,(H,26,30)(H,27,31)/t17-/m0/s1. The summed E-state index contributed by atoms with van der Waals surface area (Å²) in [4.78, 5) is 55.4. The number of fused-ring (bicyclic) bond motifs is 1. The van der Waals surface area contributed by atoms with Crippen LogP contribution in [-0.4, -0.2) is 48.8 Å². The van der Waals surface area contributed by atoms with Crippen LogP contribution < -0.4 is 20.4 Å². The number of amides is 4. The van der Waals surface area contributed by atoms with Crippen LogP contribution in [0.4, 0.5) is 11.4 Å². The van der Waals surface area contributed by atoms with Gasteiger partial charge in [0.25, 0.3) is 11.8 Å². The lowest BCUT2D eigenvalue weighted by Gasteiger charge is -2.27. The number of nitrogens with zero attached hydrogens (tertiary/aromatic N) is 2. The molecule has 1 fully saturated rings. The molecule has 2 N–H and O–H groups in total. The van der Waals surface area contributed by atoms with E-state index in [0.717, 1.165) is 12.8 Å². The van der Waals surface area contributed by atoms with E-state index in [4.69, 9.17) is 0 Å². The predicted octanol–water partition coefficient (Wildman–Crippen LogP) is 2.47. The lowest BCUT2D eigenvalue weighted by molar-refractivity contribution is -0.135. The Labute approximate surface area is 196 Å². The Balaban J connectivity index is 1.87. The number of hydrogen-bond donors (Lipinski definition) is 2. The molecule has 0 saturated heterocycles. The minimum atomic E-state index is -1.36. The lowest BCUT2D eigenvalue weighted by atomic mass is 10.1. The molecule has 1 aliphatic carbocycles. The van der Waals surface area contributed by atoms with Gasteiger partial charge in [-0.25, -0.2) is 0 Å². The Bertz CT molecular complexity index is 860. The molecule has 1 saturated carbocycles. The van der Waals surface area contributed by atoms with Crippen LogP contribution in [0.25, 0.3) is 0 Å². The summed E-state index contributed by atoms with van der Waals surface area (Å²) in [7, 11) is 0. The van der Waals surface area contributed by atoms with Crippen molar-refractivity contribution in [1.82, 2.24) is 10.6 Å². The monoisotopic (exact) mass is 456 g/mol. The van der Waals surface area contributed by atoms with E-state index in [2.05, 4.69) is 10.6 Å². The van der Waals surface area contributed by atoms with Crippen molar-refractivity contribution in [2.24, 2.45) is 17.8 Å². The van der Waals surface area contributed by atoms with Gasteiger partial charge >= 0.3 is 0 Å². The highest BCUT2D eigenvalue weighted by molar-refractivity contribution is 6.21. The van der Waals surface area contributed by atoms with Crippen molar-refractivity contribution < 1.29 is 19.2 Å². The van der Waals surface area contributed by atoms with Crippen LogP contribution in [0.2, 0.25) is 0 Å². The second-order valence-corrected chi connectivity index (χ2v) is 10.1. The molecule has 1 aliphatic heterocycles. The van der Waals surface area contributed by atoms with Gasteiger partial charge in [0.05, 0.1) is 11.4 Å². The molecule has 0 spiro atoms. The topological polar surface area (TPSA) is 98.8 Å². The van der Waals surface area contributed by atoms with Gasteiger partial charge in [-0.15, -0.1) is 0 Å². The summed E-state index contributed by atoms with van der Waals surface area (Å²) in [6, 6.07) is 5.15.